The molecule has 41 heavy (non-hydrogen) atoms. The summed E-state index contributed by atoms with van der Waals surface area (Å²) in [6.45, 7) is 19.0. The highest BCUT2D eigenvalue weighted by Crippen LogP contribution is 2.33. The van der Waals surface area contributed by atoms with Crippen LogP contribution in [0, 0.1) is 5.41 Å². The third-order valence-electron chi connectivity index (χ3n) is 6.59. The van der Waals surface area contributed by atoms with Gasteiger partial charge in [-0.15, -0.1) is 0 Å². The molecule has 2 N–H and O–H groups in total. The van der Waals surface area contributed by atoms with E-state index in [4.69, 9.17) is 23.7 Å². The van der Waals surface area contributed by atoms with Crippen LogP contribution in [0.4, 0.5) is 9.59 Å². The Balaban J connectivity index is 3.57. The number of carbonyl (C=O) groups is 4. The van der Waals surface area contributed by atoms with Gasteiger partial charge >= 0.3 is 24.2 Å². The molecule has 1 aromatic rings. The summed E-state index contributed by atoms with van der Waals surface area (Å²) >= 11 is 0. The van der Waals surface area contributed by atoms with E-state index in [1.54, 1.807) is 55.4 Å². The van der Waals surface area contributed by atoms with Gasteiger partial charge in [0.2, 0.25) is 0 Å². The first-order valence-electron chi connectivity index (χ1n) is 13.9. The fraction of sp³-hybridized carbons (Fsp3) is 0.667. The van der Waals surface area contributed by atoms with Crippen molar-refractivity contribution in [3.63, 3.8) is 0 Å². The first-order chi connectivity index (χ1) is 18.7. The van der Waals surface area contributed by atoms with E-state index in [1.807, 2.05) is 20.8 Å². The monoisotopic (exact) mass is 581 g/mol. The summed E-state index contributed by atoms with van der Waals surface area (Å²) < 4.78 is 27.1. The number of rotatable bonds is 13. The van der Waals surface area contributed by atoms with Gasteiger partial charge in [0.05, 0.1) is 5.41 Å². The van der Waals surface area contributed by atoms with E-state index in [9.17, 15) is 24.3 Å². The van der Waals surface area contributed by atoms with E-state index < -0.39 is 46.6 Å². The van der Waals surface area contributed by atoms with E-state index >= 15 is 0 Å². The number of hydrogen-bond donors (Lipinski definition) is 2. The van der Waals surface area contributed by atoms with Crippen molar-refractivity contribution in [3.8, 4) is 11.5 Å². The van der Waals surface area contributed by atoms with Crippen LogP contribution in [-0.4, -0.2) is 52.3 Å². The Labute approximate surface area is 243 Å². The van der Waals surface area contributed by atoms with E-state index in [-0.39, 0.29) is 24.0 Å². The average Bonchev–Trinajstić information content (AvgIpc) is 2.83. The van der Waals surface area contributed by atoms with Gasteiger partial charge in [-0.05, 0) is 92.3 Å². The lowest BCUT2D eigenvalue weighted by atomic mass is 9.95. The van der Waals surface area contributed by atoms with Crippen molar-refractivity contribution in [2.24, 2.45) is 5.41 Å². The van der Waals surface area contributed by atoms with Crippen molar-refractivity contribution in [1.29, 1.82) is 0 Å². The van der Waals surface area contributed by atoms with Crippen LogP contribution in [0.3, 0.4) is 0 Å². The molecule has 1 unspecified atom stereocenters. The molecule has 1 rings (SSSR count). The number of ether oxygens (including phenoxy) is 5. The van der Waals surface area contributed by atoms with Crippen molar-refractivity contribution < 1.29 is 48.0 Å². The first-order valence-corrected chi connectivity index (χ1v) is 13.9. The van der Waals surface area contributed by atoms with Crippen LogP contribution in [0.1, 0.15) is 101 Å². The number of carbonyl (C=O) groups excluding carboxylic acids is 3. The SMILES string of the molecule is CCC(C)N[C@@](Cc1ccc(OC(=O)OC(C)(C)CC)c(OC(=O)OC(C)(C)CC)c1)(OC(=O)C(C)(C)C)C(=O)O. The number of esters is 1. The zero-order valence-electron chi connectivity index (χ0n) is 26.3. The third kappa shape index (κ3) is 11.2. The molecule has 0 heterocycles. The molecule has 0 saturated carbocycles. The molecular weight excluding hydrogens is 534 g/mol. The second kappa shape index (κ2) is 14.0. The highest BCUT2D eigenvalue weighted by molar-refractivity contribution is 5.84. The summed E-state index contributed by atoms with van der Waals surface area (Å²) in [5.74, 6) is -2.50. The third-order valence-corrected chi connectivity index (χ3v) is 6.59. The Morgan fingerprint density at radius 3 is 1.71 bits per heavy atom. The fourth-order valence-electron chi connectivity index (χ4n) is 3.04. The van der Waals surface area contributed by atoms with Crippen LogP contribution in [0.2, 0.25) is 0 Å². The Bertz CT molecular complexity index is 1090. The number of aliphatic carboxylic acids is 1. The van der Waals surface area contributed by atoms with E-state index in [1.165, 1.54) is 18.2 Å². The minimum Gasteiger partial charge on any atom is -0.477 e. The second-order valence-corrected chi connectivity index (χ2v) is 12.3. The van der Waals surface area contributed by atoms with E-state index in [2.05, 4.69) is 5.32 Å². The van der Waals surface area contributed by atoms with E-state index in [0.29, 0.717) is 24.8 Å². The molecule has 0 bridgehead atoms. The molecule has 0 saturated heterocycles. The van der Waals surface area contributed by atoms with Crippen molar-refractivity contribution in [3.05, 3.63) is 23.8 Å². The minimum atomic E-state index is -2.14. The van der Waals surface area contributed by atoms with Gasteiger partial charge in [0.25, 0.3) is 5.72 Å². The molecule has 11 heteroatoms. The molecule has 0 radical (unpaired) electrons. The summed E-state index contributed by atoms with van der Waals surface area (Å²) in [7, 11) is 0. The van der Waals surface area contributed by atoms with Crippen LogP contribution >= 0.6 is 0 Å². The van der Waals surface area contributed by atoms with Crippen LogP contribution in [0.5, 0.6) is 11.5 Å². The van der Waals surface area contributed by atoms with Crippen molar-refractivity contribution in [2.45, 2.75) is 125 Å². The van der Waals surface area contributed by atoms with Gasteiger partial charge in [-0.1, -0.05) is 26.8 Å². The molecule has 0 aliphatic rings. The molecule has 11 nitrogen and oxygen atoms in total. The zero-order valence-corrected chi connectivity index (χ0v) is 26.3. The molecule has 2 atom stereocenters. The minimum absolute atomic E-state index is 0.153. The highest BCUT2D eigenvalue weighted by atomic mass is 16.8. The quantitative estimate of drug-likeness (QED) is 0.115. The van der Waals surface area contributed by atoms with Crippen LogP contribution in [0.15, 0.2) is 18.2 Å². The Morgan fingerprint density at radius 1 is 0.805 bits per heavy atom. The lowest BCUT2D eigenvalue weighted by molar-refractivity contribution is -0.190. The summed E-state index contributed by atoms with van der Waals surface area (Å²) in [5, 5.41) is 13.2. The lowest BCUT2D eigenvalue weighted by Gasteiger charge is -2.35. The van der Waals surface area contributed by atoms with E-state index in [0.717, 1.165) is 0 Å². The van der Waals surface area contributed by atoms with Gasteiger partial charge in [0.1, 0.15) is 11.2 Å². The summed E-state index contributed by atoms with van der Waals surface area (Å²) in [6, 6.07) is 3.81. The molecule has 0 aliphatic carbocycles. The average molecular weight is 582 g/mol. The summed E-state index contributed by atoms with van der Waals surface area (Å²) in [6.07, 6.45) is -0.828. The maximum Gasteiger partial charge on any atom is 0.514 e. The zero-order chi connectivity index (χ0) is 31.8. The topological polar surface area (TPSA) is 147 Å². The predicted octanol–water partition coefficient (Wildman–Crippen LogP) is 6.40. The van der Waals surface area contributed by atoms with Crippen LogP contribution < -0.4 is 14.8 Å². The molecular formula is C30H47NO10. The summed E-state index contributed by atoms with van der Waals surface area (Å²) in [5.41, 5.74) is -4.46. The van der Waals surface area contributed by atoms with Gasteiger partial charge < -0.3 is 28.8 Å². The highest BCUT2D eigenvalue weighted by Gasteiger charge is 2.46. The molecule has 232 valence electrons. The maximum atomic E-state index is 12.8. The largest absolute Gasteiger partial charge is 0.514 e. The molecule has 0 spiro atoms. The maximum absolute atomic E-state index is 12.8. The van der Waals surface area contributed by atoms with Gasteiger partial charge in [-0.25, -0.2) is 14.4 Å². The van der Waals surface area contributed by atoms with Crippen LogP contribution in [-0.2, 0) is 30.2 Å². The van der Waals surface area contributed by atoms with Gasteiger partial charge in [0, 0.05) is 12.5 Å². The first kappa shape index (κ1) is 35.7. The van der Waals surface area contributed by atoms with Gasteiger partial charge in [0.15, 0.2) is 11.5 Å². The second-order valence-electron chi connectivity index (χ2n) is 12.3. The smallest absolute Gasteiger partial charge is 0.477 e. The molecule has 1 aromatic carbocycles. The summed E-state index contributed by atoms with van der Waals surface area (Å²) in [4.78, 5) is 50.6. The standard InChI is InChI=1S/C30H47NO10/c1-12-19(4)31-30(23(32)33,39-24(34)27(5,6)7)18-20-15-16-21(37-25(35)40-28(8,9)13-2)22(17-20)38-26(36)41-29(10,11)14-3/h15-17,19,31H,12-14,18H2,1-11H3,(H,32,33)/t19?,30-/m0/s1. The molecule has 0 aromatic heterocycles. The molecule has 0 fully saturated rings. The van der Waals surface area contributed by atoms with Gasteiger partial charge in [-0.2, -0.15) is 0 Å². The Hall–Kier alpha value is -3.34. The van der Waals surface area contributed by atoms with Gasteiger partial charge in [-0.3, -0.25) is 10.1 Å². The van der Waals surface area contributed by atoms with Crippen LogP contribution in [0.25, 0.3) is 0 Å². The number of carboxylic acid groups (broad SMARTS) is 1. The van der Waals surface area contributed by atoms with Crippen molar-refractivity contribution >= 4 is 24.2 Å². The number of nitrogens with one attached hydrogen (secondary N) is 1. The molecule has 0 amide bonds. The predicted molar refractivity (Wildman–Crippen MR) is 152 cm³/mol. The van der Waals surface area contributed by atoms with Crippen molar-refractivity contribution in [2.75, 3.05) is 0 Å². The molecule has 0 aliphatic heterocycles. The Morgan fingerprint density at radius 2 is 1.29 bits per heavy atom. The number of benzene rings is 1. The fourth-order valence-corrected chi connectivity index (χ4v) is 3.04. The number of carboxylic acids is 1. The lowest BCUT2D eigenvalue weighted by Crippen LogP contribution is -2.60. The number of hydrogen-bond acceptors (Lipinski definition) is 10. The Kier molecular flexibility index (Phi) is 12.2. The van der Waals surface area contributed by atoms with Crippen molar-refractivity contribution in [1.82, 2.24) is 5.32 Å². The normalized spacial score (nSPS) is 14.3.